The number of rotatable bonds is 5. The Hall–Kier alpha value is -1.76. The maximum atomic E-state index is 13.2. The maximum Gasteiger partial charge on any atom is 0.243 e. The predicted octanol–water partition coefficient (Wildman–Crippen LogP) is 3.63. The monoisotopic (exact) mass is 413 g/mol. The number of aryl methyl sites for hydroxylation is 2. The molecule has 0 amide bonds. The first-order valence-corrected chi connectivity index (χ1v) is 12.1. The molecule has 2 aliphatic rings. The van der Waals surface area contributed by atoms with Crippen molar-refractivity contribution < 1.29 is 8.42 Å². The van der Waals surface area contributed by atoms with Gasteiger partial charge in [-0.25, -0.2) is 8.42 Å². The second kappa shape index (κ2) is 8.17. The van der Waals surface area contributed by atoms with Gasteiger partial charge in [0.25, 0.3) is 0 Å². The van der Waals surface area contributed by atoms with Crippen LogP contribution in [0.25, 0.3) is 0 Å². The van der Waals surface area contributed by atoms with Gasteiger partial charge in [-0.1, -0.05) is 25.1 Å². The van der Waals surface area contributed by atoms with E-state index in [1.54, 1.807) is 16.4 Å². The number of hydrogen-bond donors (Lipinski definition) is 0. The summed E-state index contributed by atoms with van der Waals surface area (Å²) in [5.41, 5.74) is 3.37. The highest BCUT2D eigenvalue weighted by molar-refractivity contribution is 7.89. The fraction of sp³-hybridized carbons (Fsp3) is 0.522. The van der Waals surface area contributed by atoms with E-state index in [9.17, 15) is 8.42 Å². The molecule has 0 saturated carbocycles. The van der Waals surface area contributed by atoms with E-state index in [1.165, 1.54) is 0 Å². The van der Waals surface area contributed by atoms with Gasteiger partial charge in [-0.15, -0.1) is 0 Å². The fourth-order valence-electron chi connectivity index (χ4n) is 4.84. The second-order valence-electron chi connectivity index (χ2n) is 8.67. The lowest BCUT2D eigenvalue weighted by atomic mass is 9.79. The van der Waals surface area contributed by atoms with Gasteiger partial charge >= 0.3 is 0 Å². The lowest BCUT2D eigenvalue weighted by Gasteiger charge is -2.40. The summed E-state index contributed by atoms with van der Waals surface area (Å²) in [4.78, 5) is 7.52. The molecule has 29 heavy (non-hydrogen) atoms. The Bertz CT molecular complexity index is 958. The molecule has 0 unspecified atom stereocenters. The number of pyridine rings is 1. The van der Waals surface area contributed by atoms with Crippen LogP contribution in [-0.4, -0.2) is 48.8 Å². The van der Waals surface area contributed by atoms with Crippen molar-refractivity contribution in [1.29, 1.82) is 0 Å². The van der Waals surface area contributed by atoms with Crippen LogP contribution < -0.4 is 0 Å². The first-order valence-electron chi connectivity index (χ1n) is 10.6. The van der Waals surface area contributed by atoms with Crippen molar-refractivity contribution in [1.82, 2.24) is 14.2 Å². The highest BCUT2D eigenvalue weighted by Crippen LogP contribution is 2.41. The van der Waals surface area contributed by atoms with Crippen LogP contribution in [0.5, 0.6) is 0 Å². The van der Waals surface area contributed by atoms with Crippen LogP contribution in [-0.2, 0) is 23.0 Å². The summed E-state index contributed by atoms with van der Waals surface area (Å²) >= 11 is 0. The summed E-state index contributed by atoms with van der Waals surface area (Å²) < 4.78 is 28.1. The van der Waals surface area contributed by atoms with E-state index < -0.39 is 10.0 Å². The molecule has 1 aromatic carbocycles. The zero-order valence-electron chi connectivity index (χ0n) is 17.5. The SMILES string of the molecule is CCc1ccc(S(=O)(=O)N2CC[C@@]3(CCCN(Cc4cccc(C)n4)C3)C2)cc1. The lowest BCUT2D eigenvalue weighted by molar-refractivity contribution is 0.0925. The zero-order valence-corrected chi connectivity index (χ0v) is 18.3. The molecule has 0 N–H and O–H groups in total. The number of hydrogen-bond acceptors (Lipinski definition) is 4. The van der Waals surface area contributed by atoms with E-state index in [2.05, 4.69) is 28.9 Å². The standard InChI is InChI=1S/C23H31N3O2S/c1-3-20-8-10-22(11-9-20)29(27,28)26-15-13-23(18-26)12-5-14-25(17-23)16-21-7-4-6-19(2)24-21/h4,6-11H,3,5,12-18H2,1-2H3/t23-/m1/s1. The molecule has 4 rings (SSSR count). The summed E-state index contributed by atoms with van der Waals surface area (Å²) in [6.07, 6.45) is 4.08. The summed E-state index contributed by atoms with van der Waals surface area (Å²) in [6, 6.07) is 13.5. The molecule has 0 aliphatic carbocycles. The lowest BCUT2D eigenvalue weighted by Crippen LogP contribution is -2.45. The van der Waals surface area contributed by atoms with Gasteiger partial charge in [0.2, 0.25) is 10.0 Å². The topological polar surface area (TPSA) is 53.5 Å². The van der Waals surface area contributed by atoms with E-state index >= 15 is 0 Å². The number of sulfonamides is 1. The van der Waals surface area contributed by atoms with Crippen LogP contribution in [0.1, 0.15) is 43.1 Å². The molecule has 6 heteroatoms. The first-order chi connectivity index (χ1) is 13.9. The molecular weight excluding hydrogens is 382 g/mol. The van der Waals surface area contributed by atoms with Crippen molar-refractivity contribution in [2.24, 2.45) is 5.41 Å². The summed E-state index contributed by atoms with van der Waals surface area (Å²) in [5, 5.41) is 0. The zero-order chi connectivity index (χ0) is 20.5. The number of likely N-dealkylation sites (tertiary alicyclic amines) is 1. The third-order valence-corrected chi connectivity index (χ3v) is 8.30. The van der Waals surface area contributed by atoms with E-state index in [1.807, 2.05) is 25.1 Å². The van der Waals surface area contributed by atoms with Crippen LogP contribution in [0, 0.1) is 12.3 Å². The Morgan fingerprint density at radius 2 is 1.83 bits per heavy atom. The van der Waals surface area contributed by atoms with Crippen molar-refractivity contribution in [2.45, 2.75) is 51.0 Å². The smallest absolute Gasteiger partial charge is 0.243 e. The van der Waals surface area contributed by atoms with Gasteiger partial charge in [0.1, 0.15) is 0 Å². The largest absolute Gasteiger partial charge is 0.297 e. The molecular formula is C23H31N3O2S. The van der Waals surface area contributed by atoms with Crippen molar-refractivity contribution in [3.8, 4) is 0 Å². The van der Waals surface area contributed by atoms with E-state index in [0.29, 0.717) is 18.0 Å². The van der Waals surface area contributed by atoms with Crippen LogP contribution >= 0.6 is 0 Å². The average Bonchev–Trinajstić information content (AvgIpc) is 3.12. The van der Waals surface area contributed by atoms with E-state index in [0.717, 1.165) is 62.3 Å². The molecule has 3 heterocycles. The molecule has 2 aliphatic heterocycles. The molecule has 2 aromatic rings. The minimum absolute atomic E-state index is 0.0680. The van der Waals surface area contributed by atoms with Gasteiger partial charge in [-0.2, -0.15) is 4.31 Å². The molecule has 156 valence electrons. The Morgan fingerprint density at radius 3 is 2.55 bits per heavy atom. The van der Waals surface area contributed by atoms with Gasteiger partial charge in [-0.05, 0) is 74.4 Å². The predicted molar refractivity (Wildman–Crippen MR) is 115 cm³/mol. The number of benzene rings is 1. The van der Waals surface area contributed by atoms with Crippen LogP contribution in [0.4, 0.5) is 0 Å². The van der Waals surface area contributed by atoms with Crippen molar-refractivity contribution in [3.63, 3.8) is 0 Å². The number of piperidine rings is 1. The molecule has 5 nitrogen and oxygen atoms in total. The minimum Gasteiger partial charge on any atom is -0.297 e. The summed E-state index contributed by atoms with van der Waals surface area (Å²) in [6.45, 7) is 8.19. The Kier molecular flexibility index (Phi) is 5.78. The van der Waals surface area contributed by atoms with Crippen molar-refractivity contribution in [3.05, 3.63) is 59.4 Å². The van der Waals surface area contributed by atoms with Crippen LogP contribution in [0.15, 0.2) is 47.4 Å². The Morgan fingerprint density at radius 1 is 1.03 bits per heavy atom. The third-order valence-electron chi connectivity index (χ3n) is 6.44. The fourth-order valence-corrected chi connectivity index (χ4v) is 6.39. The molecule has 1 atom stereocenters. The second-order valence-corrected chi connectivity index (χ2v) is 10.6. The minimum atomic E-state index is -3.42. The quantitative estimate of drug-likeness (QED) is 0.751. The molecule has 1 spiro atoms. The Balaban J connectivity index is 1.45. The summed E-state index contributed by atoms with van der Waals surface area (Å²) in [5.74, 6) is 0. The van der Waals surface area contributed by atoms with Gasteiger partial charge in [-0.3, -0.25) is 9.88 Å². The van der Waals surface area contributed by atoms with Gasteiger partial charge < -0.3 is 0 Å². The summed E-state index contributed by atoms with van der Waals surface area (Å²) in [7, 11) is -3.42. The number of nitrogens with zero attached hydrogens (tertiary/aromatic N) is 3. The average molecular weight is 414 g/mol. The van der Waals surface area contributed by atoms with E-state index in [-0.39, 0.29) is 5.41 Å². The Labute approximate surface area is 174 Å². The normalized spacial score (nSPS) is 23.7. The molecule has 0 bridgehead atoms. The molecule has 1 aromatic heterocycles. The molecule has 2 saturated heterocycles. The van der Waals surface area contributed by atoms with Gasteiger partial charge in [0.15, 0.2) is 0 Å². The van der Waals surface area contributed by atoms with Gasteiger partial charge in [0, 0.05) is 31.9 Å². The molecule has 2 fully saturated rings. The van der Waals surface area contributed by atoms with Crippen LogP contribution in [0.2, 0.25) is 0 Å². The van der Waals surface area contributed by atoms with Crippen LogP contribution in [0.3, 0.4) is 0 Å². The third kappa shape index (κ3) is 4.39. The highest BCUT2D eigenvalue weighted by Gasteiger charge is 2.45. The van der Waals surface area contributed by atoms with Crippen molar-refractivity contribution in [2.75, 3.05) is 26.2 Å². The highest BCUT2D eigenvalue weighted by atomic mass is 32.2. The number of aromatic nitrogens is 1. The van der Waals surface area contributed by atoms with Crippen molar-refractivity contribution >= 4 is 10.0 Å². The van der Waals surface area contributed by atoms with E-state index in [4.69, 9.17) is 0 Å². The van der Waals surface area contributed by atoms with Gasteiger partial charge in [0.05, 0.1) is 10.6 Å². The maximum absolute atomic E-state index is 13.2. The first kappa shape index (κ1) is 20.5. The molecule has 0 radical (unpaired) electrons.